The molecule has 1 amide bonds. The summed E-state index contributed by atoms with van der Waals surface area (Å²) in [6.45, 7) is 1.10. The van der Waals surface area contributed by atoms with E-state index in [1.54, 1.807) is 0 Å². The monoisotopic (exact) mass is 222 g/mol. The Bertz CT molecular complexity index is 299. The average molecular weight is 222 g/mol. The van der Waals surface area contributed by atoms with Gasteiger partial charge in [0.15, 0.2) is 0 Å². The Morgan fingerprint density at radius 3 is 2.69 bits per heavy atom. The topological polar surface area (TPSA) is 77.9 Å². The Balaban J connectivity index is 1.63. The largest absolute Gasteiger partial charge is 0.356 e. The molecule has 0 aromatic rings. The number of rotatable bonds is 5. The highest BCUT2D eigenvalue weighted by Crippen LogP contribution is 2.55. The zero-order valence-electron chi connectivity index (χ0n) is 9.43. The number of carbonyl (C=O) groups excluding carboxylic acids is 1. The van der Waals surface area contributed by atoms with Crippen LogP contribution in [-0.4, -0.2) is 19.0 Å². The van der Waals surface area contributed by atoms with Crippen LogP contribution in [0.3, 0.4) is 0 Å². The van der Waals surface area contributed by atoms with Crippen LogP contribution in [0.25, 0.3) is 10.4 Å². The molecule has 0 aliphatic heterocycles. The van der Waals surface area contributed by atoms with Crippen LogP contribution in [0.5, 0.6) is 0 Å². The highest BCUT2D eigenvalue weighted by Gasteiger charge is 2.54. The number of fused-ring (bicyclic) bond motifs is 1. The molecule has 0 radical (unpaired) electrons. The highest BCUT2D eigenvalue weighted by atomic mass is 16.2. The molecule has 2 unspecified atom stereocenters. The molecule has 5 nitrogen and oxygen atoms in total. The van der Waals surface area contributed by atoms with Crippen LogP contribution in [0, 0.1) is 17.8 Å². The molecule has 0 heterocycles. The summed E-state index contributed by atoms with van der Waals surface area (Å²) >= 11 is 0. The van der Waals surface area contributed by atoms with E-state index < -0.39 is 0 Å². The van der Waals surface area contributed by atoms with Gasteiger partial charge in [-0.25, -0.2) is 0 Å². The van der Waals surface area contributed by atoms with E-state index >= 15 is 0 Å². The maximum atomic E-state index is 11.8. The van der Waals surface area contributed by atoms with Crippen molar-refractivity contribution in [3.8, 4) is 0 Å². The fourth-order valence-corrected chi connectivity index (χ4v) is 2.91. The number of hydrogen-bond donors (Lipinski definition) is 1. The summed E-state index contributed by atoms with van der Waals surface area (Å²) in [6.07, 6.45) is 5.80. The fourth-order valence-electron chi connectivity index (χ4n) is 2.91. The number of nitrogens with one attached hydrogen (secondary N) is 1. The predicted molar refractivity (Wildman–Crippen MR) is 60.6 cm³/mol. The molecule has 2 rings (SSSR count). The maximum Gasteiger partial charge on any atom is 0.223 e. The van der Waals surface area contributed by atoms with Gasteiger partial charge in [-0.05, 0) is 36.6 Å². The molecule has 0 aromatic heterocycles. The van der Waals surface area contributed by atoms with Gasteiger partial charge in [-0.2, -0.15) is 0 Å². The minimum atomic E-state index is 0.220. The lowest BCUT2D eigenvalue weighted by Crippen LogP contribution is -2.27. The second kappa shape index (κ2) is 5.21. The van der Waals surface area contributed by atoms with E-state index in [-0.39, 0.29) is 5.91 Å². The summed E-state index contributed by atoms with van der Waals surface area (Å²) in [5, 5.41) is 6.37. The van der Waals surface area contributed by atoms with Crippen LogP contribution in [0.1, 0.15) is 32.1 Å². The number of carbonyl (C=O) groups is 1. The smallest absolute Gasteiger partial charge is 0.223 e. The van der Waals surface area contributed by atoms with Crippen molar-refractivity contribution < 1.29 is 4.79 Å². The zero-order chi connectivity index (χ0) is 11.4. The van der Waals surface area contributed by atoms with E-state index in [0.717, 1.165) is 6.42 Å². The highest BCUT2D eigenvalue weighted by molar-refractivity contribution is 5.82. The van der Waals surface area contributed by atoms with Gasteiger partial charge >= 0.3 is 0 Å². The van der Waals surface area contributed by atoms with E-state index in [1.165, 1.54) is 25.7 Å². The van der Waals surface area contributed by atoms with Crippen LogP contribution < -0.4 is 5.32 Å². The molecule has 5 heteroatoms. The van der Waals surface area contributed by atoms with Crippen molar-refractivity contribution in [3.05, 3.63) is 10.4 Å². The van der Waals surface area contributed by atoms with Crippen LogP contribution in [0.4, 0.5) is 0 Å². The van der Waals surface area contributed by atoms with Gasteiger partial charge in [0.05, 0.1) is 0 Å². The lowest BCUT2D eigenvalue weighted by Gasteiger charge is -2.04. The number of hydrogen-bond acceptors (Lipinski definition) is 2. The summed E-state index contributed by atoms with van der Waals surface area (Å²) in [6, 6.07) is 0. The van der Waals surface area contributed by atoms with E-state index in [4.69, 9.17) is 5.53 Å². The third-order valence-electron chi connectivity index (χ3n) is 3.76. The Labute approximate surface area is 95.2 Å². The van der Waals surface area contributed by atoms with Gasteiger partial charge in [0, 0.05) is 23.9 Å². The predicted octanol–water partition coefficient (Wildman–Crippen LogP) is 2.24. The molecule has 0 spiro atoms. The molecule has 0 aromatic carbocycles. The normalized spacial score (nSPS) is 31.1. The van der Waals surface area contributed by atoms with Gasteiger partial charge in [-0.3, -0.25) is 4.79 Å². The van der Waals surface area contributed by atoms with Gasteiger partial charge < -0.3 is 5.32 Å². The minimum Gasteiger partial charge on any atom is -0.356 e. The van der Waals surface area contributed by atoms with Crippen LogP contribution in [0.2, 0.25) is 0 Å². The first-order chi connectivity index (χ1) is 7.84. The molecule has 88 valence electrons. The van der Waals surface area contributed by atoms with Crippen LogP contribution >= 0.6 is 0 Å². The van der Waals surface area contributed by atoms with Crippen molar-refractivity contribution in [2.45, 2.75) is 32.1 Å². The Morgan fingerprint density at radius 2 is 2.06 bits per heavy atom. The van der Waals surface area contributed by atoms with Crippen molar-refractivity contribution in [2.24, 2.45) is 22.9 Å². The Morgan fingerprint density at radius 1 is 1.38 bits per heavy atom. The molecule has 0 bridgehead atoms. The third-order valence-corrected chi connectivity index (χ3v) is 3.76. The van der Waals surface area contributed by atoms with E-state index in [1.807, 2.05) is 0 Å². The molecule has 0 saturated heterocycles. The van der Waals surface area contributed by atoms with Crippen LogP contribution in [-0.2, 0) is 4.79 Å². The molecular formula is C11H18N4O. The van der Waals surface area contributed by atoms with E-state index in [9.17, 15) is 4.79 Å². The summed E-state index contributed by atoms with van der Waals surface area (Å²) < 4.78 is 0. The molecule has 2 atom stereocenters. The SMILES string of the molecule is [N-]=[N+]=NCCCNC(=O)C1C2CCCCC21. The lowest BCUT2D eigenvalue weighted by atomic mass is 10.0. The third kappa shape index (κ3) is 2.47. The number of azide groups is 1. The molecule has 1 N–H and O–H groups in total. The summed E-state index contributed by atoms with van der Waals surface area (Å²) in [4.78, 5) is 14.5. The second-order valence-electron chi connectivity index (χ2n) is 4.74. The summed E-state index contributed by atoms with van der Waals surface area (Å²) in [5.74, 6) is 1.86. The molecular weight excluding hydrogens is 204 g/mol. The first-order valence-electron chi connectivity index (χ1n) is 6.13. The molecule has 2 aliphatic carbocycles. The first-order valence-corrected chi connectivity index (χ1v) is 6.13. The van der Waals surface area contributed by atoms with E-state index in [2.05, 4.69) is 15.3 Å². The zero-order valence-corrected chi connectivity index (χ0v) is 9.43. The minimum absolute atomic E-state index is 0.220. The standard InChI is InChI=1S/C11H18N4O/c12-15-14-7-3-6-13-11(16)10-8-4-1-2-5-9(8)10/h8-10H,1-7H2,(H,13,16). The van der Waals surface area contributed by atoms with E-state index in [0.29, 0.717) is 30.8 Å². The summed E-state index contributed by atoms with van der Waals surface area (Å²) in [5.41, 5.74) is 8.08. The second-order valence-corrected chi connectivity index (χ2v) is 4.74. The van der Waals surface area contributed by atoms with Crippen molar-refractivity contribution in [2.75, 3.05) is 13.1 Å². The first kappa shape index (κ1) is 11.3. The van der Waals surface area contributed by atoms with Crippen molar-refractivity contribution in [1.82, 2.24) is 5.32 Å². The van der Waals surface area contributed by atoms with Gasteiger partial charge in [0.25, 0.3) is 0 Å². The van der Waals surface area contributed by atoms with Crippen molar-refractivity contribution in [3.63, 3.8) is 0 Å². The number of amides is 1. The van der Waals surface area contributed by atoms with Gasteiger partial charge in [0.2, 0.25) is 5.91 Å². The molecule has 2 saturated carbocycles. The van der Waals surface area contributed by atoms with Crippen LogP contribution in [0.15, 0.2) is 5.11 Å². The average Bonchev–Trinajstić information content (AvgIpc) is 3.02. The van der Waals surface area contributed by atoms with Gasteiger partial charge in [-0.1, -0.05) is 18.0 Å². The summed E-state index contributed by atoms with van der Waals surface area (Å²) in [7, 11) is 0. The van der Waals surface area contributed by atoms with Gasteiger partial charge in [0.1, 0.15) is 0 Å². The van der Waals surface area contributed by atoms with Crippen molar-refractivity contribution in [1.29, 1.82) is 0 Å². The van der Waals surface area contributed by atoms with Crippen molar-refractivity contribution >= 4 is 5.91 Å². The fraction of sp³-hybridized carbons (Fsp3) is 0.909. The Hall–Kier alpha value is -1.22. The maximum absolute atomic E-state index is 11.8. The molecule has 2 fully saturated rings. The molecule has 2 aliphatic rings. The van der Waals surface area contributed by atoms with Gasteiger partial charge in [-0.15, -0.1) is 0 Å². The molecule has 16 heavy (non-hydrogen) atoms. The Kier molecular flexibility index (Phi) is 3.67. The number of nitrogens with zero attached hydrogens (tertiary/aromatic N) is 3. The quantitative estimate of drug-likeness (QED) is 0.329. The lowest BCUT2D eigenvalue weighted by molar-refractivity contribution is -0.122.